The third-order valence-electron chi connectivity index (χ3n) is 4.11. The minimum atomic E-state index is -0.0916. The predicted molar refractivity (Wildman–Crippen MR) is 87.1 cm³/mol. The van der Waals surface area contributed by atoms with Crippen molar-refractivity contribution >= 4 is 27.5 Å². The van der Waals surface area contributed by atoms with Crippen LogP contribution in [0.25, 0.3) is 5.65 Å². The largest absolute Gasteiger partial charge is 0.331 e. The van der Waals surface area contributed by atoms with Crippen LogP contribution in [0.5, 0.6) is 0 Å². The van der Waals surface area contributed by atoms with Crippen molar-refractivity contribution in [2.75, 3.05) is 6.54 Å². The van der Waals surface area contributed by atoms with Crippen molar-refractivity contribution in [3.8, 4) is 0 Å². The van der Waals surface area contributed by atoms with Crippen LogP contribution in [0.15, 0.2) is 29.1 Å². The Kier molecular flexibility index (Phi) is 3.22. The Labute approximate surface area is 141 Å². The van der Waals surface area contributed by atoms with Crippen LogP contribution in [0, 0.1) is 6.92 Å². The number of amides is 1. The zero-order valence-electron chi connectivity index (χ0n) is 12.8. The van der Waals surface area contributed by atoms with Gasteiger partial charge >= 0.3 is 0 Å². The third-order valence-corrected chi connectivity index (χ3v) is 4.52. The summed E-state index contributed by atoms with van der Waals surface area (Å²) in [6.07, 6.45) is 5.50. The van der Waals surface area contributed by atoms with Crippen LogP contribution in [0.4, 0.5) is 0 Å². The fourth-order valence-corrected chi connectivity index (χ4v) is 3.31. The molecule has 4 rings (SSSR count). The number of nitrogens with zero attached hydrogens (tertiary/aromatic N) is 6. The van der Waals surface area contributed by atoms with Crippen molar-refractivity contribution in [3.05, 3.63) is 46.3 Å². The zero-order chi connectivity index (χ0) is 16.1. The molecule has 7 nitrogen and oxygen atoms in total. The molecule has 118 valence electrons. The summed E-state index contributed by atoms with van der Waals surface area (Å²) >= 11 is 3.36. The molecule has 0 spiro atoms. The van der Waals surface area contributed by atoms with Crippen LogP contribution in [0.2, 0.25) is 0 Å². The summed E-state index contributed by atoms with van der Waals surface area (Å²) in [5, 5.41) is 4.35. The van der Waals surface area contributed by atoms with E-state index < -0.39 is 0 Å². The smallest absolute Gasteiger partial charge is 0.275 e. The Morgan fingerprint density at radius 1 is 1.35 bits per heavy atom. The summed E-state index contributed by atoms with van der Waals surface area (Å²) in [6, 6.07) is 1.64. The molecule has 0 saturated carbocycles. The lowest BCUT2D eigenvalue weighted by molar-refractivity contribution is 0.0631. The molecule has 0 bridgehead atoms. The zero-order valence-corrected chi connectivity index (χ0v) is 14.4. The van der Waals surface area contributed by atoms with Gasteiger partial charge in [-0.1, -0.05) is 0 Å². The van der Waals surface area contributed by atoms with E-state index in [1.54, 1.807) is 23.0 Å². The molecular formula is C15H15BrN6O. The van der Waals surface area contributed by atoms with E-state index in [1.165, 1.54) is 0 Å². The summed E-state index contributed by atoms with van der Waals surface area (Å²) in [5.41, 5.74) is 2.03. The molecule has 0 fully saturated rings. The van der Waals surface area contributed by atoms with Gasteiger partial charge in [-0.05, 0) is 29.8 Å². The lowest BCUT2D eigenvalue weighted by Crippen LogP contribution is -2.41. The van der Waals surface area contributed by atoms with E-state index in [0.717, 1.165) is 22.5 Å². The molecule has 3 aromatic rings. The van der Waals surface area contributed by atoms with Crippen LogP contribution >= 0.6 is 15.9 Å². The van der Waals surface area contributed by atoms with Crippen molar-refractivity contribution < 1.29 is 4.79 Å². The van der Waals surface area contributed by atoms with Crippen LogP contribution < -0.4 is 0 Å². The molecule has 1 aliphatic heterocycles. The molecule has 0 saturated heterocycles. The molecule has 4 heterocycles. The van der Waals surface area contributed by atoms with Gasteiger partial charge in [-0.3, -0.25) is 4.79 Å². The molecule has 1 atom stereocenters. The summed E-state index contributed by atoms with van der Waals surface area (Å²) < 4.78 is 4.54. The number of hydrogen-bond donors (Lipinski definition) is 0. The number of hydrogen-bond acceptors (Lipinski definition) is 4. The lowest BCUT2D eigenvalue weighted by Gasteiger charge is -2.33. The minimum Gasteiger partial charge on any atom is -0.331 e. The fraction of sp³-hybridized carbons (Fsp3) is 0.333. The number of aryl methyl sites for hydroxylation is 1. The topological polar surface area (TPSA) is 68.3 Å². The van der Waals surface area contributed by atoms with Crippen LogP contribution in [0.3, 0.4) is 0 Å². The quantitative estimate of drug-likeness (QED) is 0.654. The number of carbonyl (C=O) groups is 1. The molecule has 0 aromatic carbocycles. The van der Waals surface area contributed by atoms with Gasteiger partial charge in [-0.25, -0.2) is 14.5 Å². The van der Waals surface area contributed by atoms with Crippen molar-refractivity contribution in [1.82, 2.24) is 29.0 Å². The highest BCUT2D eigenvalue weighted by molar-refractivity contribution is 9.10. The first-order chi connectivity index (χ1) is 11.0. The summed E-state index contributed by atoms with van der Waals surface area (Å²) in [7, 11) is 0. The summed E-state index contributed by atoms with van der Waals surface area (Å²) in [4.78, 5) is 23.5. The molecular weight excluding hydrogens is 360 g/mol. The van der Waals surface area contributed by atoms with Crippen LogP contribution in [-0.4, -0.2) is 41.5 Å². The maximum Gasteiger partial charge on any atom is 0.275 e. The Balaban J connectivity index is 1.68. The molecule has 1 amide bonds. The second kappa shape index (κ2) is 5.16. The SMILES string of the molecule is Cc1cn2c(n1)C(C)N(C(=O)c1cc3ncc(Br)cn3n1)CC2. The van der Waals surface area contributed by atoms with Crippen LogP contribution in [-0.2, 0) is 6.54 Å². The van der Waals surface area contributed by atoms with Crippen molar-refractivity contribution in [2.45, 2.75) is 26.4 Å². The van der Waals surface area contributed by atoms with E-state index in [-0.39, 0.29) is 11.9 Å². The van der Waals surface area contributed by atoms with Crippen molar-refractivity contribution in [3.63, 3.8) is 0 Å². The first-order valence-corrected chi connectivity index (χ1v) is 8.18. The fourth-order valence-electron chi connectivity index (χ4n) is 3.01. The van der Waals surface area contributed by atoms with Gasteiger partial charge in [0.05, 0.1) is 16.2 Å². The van der Waals surface area contributed by atoms with Gasteiger partial charge in [0.25, 0.3) is 5.91 Å². The Morgan fingerprint density at radius 3 is 3.00 bits per heavy atom. The highest BCUT2D eigenvalue weighted by Gasteiger charge is 2.31. The van der Waals surface area contributed by atoms with Crippen molar-refractivity contribution in [2.24, 2.45) is 0 Å². The second-order valence-electron chi connectivity index (χ2n) is 5.71. The molecule has 0 aliphatic carbocycles. The maximum atomic E-state index is 12.9. The highest BCUT2D eigenvalue weighted by atomic mass is 79.9. The minimum absolute atomic E-state index is 0.0746. The van der Waals surface area contributed by atoms with Crippen LogP contribution in [0.1, 0.15) is 35.0 Å². The van der Waals surface area contributed by atoms with E-state index in [1.807, 2.05) is 24.9 Å². The summed E-state index contributed by atoms with van der Waals surface area (Å²) in [5.74, 6) is 0.831. The highest BCUT2D eigenvalue weighted by Crippen LogP contribution is 2.26. The number of halogens is 1. The van der Waals surface area contributed by atoms with Gasteiger partial charge < -0.3 is 9.47 Å². The first-order valence-electron chi connectivity index (χ1n) is 7.38. The van der Waals surface area contributed by atoms with Gasteiger partial charge in [0.15, 0.2) is 11.3 Å². The Morgan fingerprint density at radius 2 is 2.17 bits per heavy atom. The van der Waals surface area contributed by atoms with Gasteiger partial charge in [0.1, 0.15) is 5.82 Å². The molecule has 1 unspecified atom stereocenters. The molecule has 8 heteroatoms. The monoisotopic (exact) mass is 374 g/mol. The van der Waals surface area contributed by atoms with E-state index >= 15 is 0 Å². The molecule has 0 N–H and O–H groups in total. The Bertz CT molecular complexity index is 914. The molecule has 1 aliphatic rings. The van der Waals surface area contributed by atoms with E-state index in [9.17, 15) is 4.79 Å². The number of fused-ring (bicyclic) bond motifs is 2. The second-order valence-corrected chi connectivity index (χ2v) is 6.63. The molecule has 3 aromatic heterocycles. The van der Waals surface area contributed by atoms with Crippen molar-refractivity contribution in [1.29, 1.82) is 0 Å². The van der Waals surface area contributed by atoms with Gasteiger partial charge in [0, 0.05) is 37.7 Å². The van der Waals surface area contributed by atoms with Gasteiger partial charge in [-0.2, -0.15) is 5.10 Å². The first kappa shape index (κ1) is 14.4. The van der Waals surface area contributed by atoms with Gasteiger partial charge in [-0.15, -0.1) is 0 Å². The Hall–Kier alpha value is -2.22. The third kappa shape index (κ3) is 2.33. The average molecular weight is 375 g/mol. The average Bonchev–Trinajstić information content (AvgIpc) is 3.09. The van der Waals surface area contributed by atoms with E-state index in [4.69, 9.17) is 0 Å². The maximum absolute atomic E-state index is 12.9. The predicted octanol–water partition coefficient (Wildman–Crippen LogP) is 2.21. The number of aromatic nitrogens is 5. The van der Waals surface area contributed by atoms with Gasteiger partial charge in [0.2, 0.25) is 0 Å². The number of carbonyl (C=O) groups excluding carboxylic acids is 1. The standard InChI is InChI=1S/C15H15BrN6O/c1-9-7-20-3-4-21(10(2)14(20)18-9)15(23)12-5-13-17-6-11(16)8-22(13)19-12/h5-8,10H,3-4H2,1-2H3. The normalized spacial score (nSPS) is 17.5. The van der Waals surface area contributed by atoms with E-state index in [0.29, 0.717) is 17.9 Å². The lowest BCUT2D eigenvalue weighted by atomic mass is 10.2. The molecule has 23 heavy (non-hydrogen) atoms. The number of rotatable bonds is 1. The number of imidazole rings is 1. The summed E-state index contributed by atoms with van der Waals surface area (Å²) in [6.45, 7) is 5.37. The van der Waals surface area contributed by atoms with E-state index in [2.05, 4.69) is 35.6 Å². The molecule has 0 radical (unpaired) electrons.